The summed E-state index contributed by atoms with van der Waals surface area (Å²) in [5.74, 6) is 0.755. The maximum atomic E-state index is 6.08. The van der Waals surface area contributed by atoms with Gasteiger partial charge in [0, 0.05) is 17.1 Å². The number of halogens is 2. The summed E-state index contributed by atoms with van der Waals surface area (Å²) in [6.07, 6.45) is 6.72. The zero-order chi connectivity index (χ0) is 12.8. The van der Waals surface area contributed by atoms with Gasteiger partial charge in [-0.2, -0.15) is 0 Å². The molecule has 0 atom stereocenters. The van der Waals surface area contributed by atoms with Crippen LogP contribution in [0.5, 0.6) is 5.75 Å². The van der Waals surface area contributed by atoms with Crippen molar-refractivity contribution in [2.45, 2.75) is 38.1 Å². The molecule has 1 fully saturated rings. The van der Waals surface area contributed by atoms with Crippen LogP contribution in [0.4, 0.5) is 0 Å². The fourth-order valence-corrected chi connectivity index (χ4v) is 3.05. The second-order valence-corrected chi connectivity index (χ2v) is 6.04. The van der Waals surface area contributed by atoms with Crippen LogP contribution < -0.4 is 10.1 Å². The third-order valence-electron chi connectivity index (χ3n) is 3.29. The molecule has 0 heterocycles. The lowest BCUT2D eigenvalue weighted by molar-refractivity contribution is 0.289. The lowest BCUT2D eigenvalue weighted by atomic mass is 9.96. The van der Waals surface area contributed by atoms with Gasteiger partial charge in [0.1, 0.15) is 12.4 Å². The topological polar surface area (TPSA) is 21.3 Å². The highest BCUT2D eigenvalue weighted by atomic mass is 79.9. The molecule has 0 bridgehead atoms. The minimum Gasteiger partial charge on any atom is -0.491 e. The molecule has 1 N–H and O–H groups in total. The van der Waals surface area contributed by atoms with Crippen molar-refractivity contribution < 1.29 is 4.74 Å². The summed E-state index contributed by atoms with van der Waals surface area (Å²) in [6.45, 7) is 1.55. The molecule has 0 radical (unpaired) electrons. The molecule has 100 valence electrons. The Labute approximate surface area is 122 Å². The van der Waals surface area contributed by atoms with Gasteiger partial charge in [0.05, 0.1) is 5.02 Å². The Kier molecular flexibility index (Phi) is 5.80. The number of hydrogen-bond donors (Lipinski definition) is 1. The van der Waals surface area contributed by atoms with E-state index in [4.69, 9.17) is 16.3 Å². The Morgan fingerprint density at radius 3 is 2.78 bits per heavy atom. The maximum Gasteiger partial charge on any atom is 0.138 e. The Balaban J connectivity index is 1.68. The average molecular weight is 333 g/mol. The molecule has 2 rings (SSSR count). The highest BCUT2D eigenvalue weighted by Gasteiger charge is 2.12. The molecule has 0 aromatic heterocycles. The van der Waals surface area contributed by atoms with Crippen molar-refractivity contribution in [2.24, 2.45) is 0 Å². The predicted octanol–water partition coefficient (Wildman–Crippen LogP) is 4.40. The van der Waals surface area contributed by atoms with Gasteiger partial charge in [0.2, 0.25) is 0 Å². The molecular weight excluding hydrogens is 314 g/mol. The normalized spacial score (nSPS) is 16.8. The monoisotopic (exact) mass is 331 g/mol. The molecule has 1 aliphatic carbocycles. The van der Waals surface area contributed by atoms with E-state index < -0.39 is 0 Å². The molecule has 1 aliphatic rings. The lowest BCUT2D eigenvalue weighted by Crippen LogP contribution is -2.34. The van der Waals surface area contributed by atoms with Crippen LogP contribution in [0, 0.1) is 0 Å². The van der Waals surface area contributed by atoms with Crippen molar-refractivity contribution in [3.63, 3.8) is 0 Å². The van der Waals surface area contributed by atoms with Gasteiger partial charge in [-0.1, -0.05) is 46.8 Å². The summed E-state index contributed by atoms with van der Waals surface area (Å²) in [7, 11) is 0. The van der Waals surface area contributed by atoms with Crippen LogP contribution in [0.2, 0.25) is 5.02 Å². The van der Waals surface area contributed by atoms with E-state index in [0.717, 1.165) is 16.8 Å². The van der Waals surface area contributed by atoms with E-state index in [1.807, 2.05) is 18.2 Å². The number of ether oxygens (including phenoxy) is 1. The third kappa shape index (κ3) is 4.45. The quantitative estimate of drug-likeness (QED) is 0.807. The molecule has 1 saturated carbocycles. The molecule has 0 saturated heterocycles. The van der Waals surface area contributed by atoms with Crippen LogP contribution in [0.1, 0.15) is 32.1 Å². The zero-order valence-electron chi connectivity index (χ0n) is 10.4. The largest absolute Gasteiger partial charge is 0.491 e. The van der Waals surface area contributed by atoms with Crippen LogP contribution >= 0.6 is 27.5 Å². The molecule has 1 aromatic carbocycles. The third-order valence-corrected chi connectivity index (χ3v) is 4.08. The molecule has 0 aliphatic heterocycles. The van der Waals surface area contributed by atoms with Crippen LogP contribution in [-0.2, 0) is 0 Å². The first-order valence-corrected chi connectivity index (χ1v) is 7.74. The van der Waals surface area contributed by atoms with Crippen molar-refractivity contribution in [1.82, 2.24) is 5.32 Å². The summed E-state index contributed by atoms with van der Waals surface area (Å²) in [6, 6.07) is 6.37. The van der Waals surface area contributed by atoms with Gasteiger partial charge in [-0.05, 0) is 31.0 Å². The van der Waals surface area contributed by atoms with Crippen LogP contribution in [0.3, 0.4) is 0 Å². The number of rotatable bonds is 5. The van der Waals surface area contributed by atoms with Crippen molar-refractivity contribution in [2.75, 3.05) is 13.2 Å². The van der Waals surface area contributed by atoms with E-state index in [9.17, 15) is 0 Å². The fraction of sp³-hybridized carbons (Fsp3) is 0.571. The maximum absolute atomic E-state index is 6.08. The van der Waals surface area contributed by atoms with E-state index >= 15 is 0 Å². The van der Waals surface area contributed by atoms with Gasteiger partial charge in [-0.3, -0.25) is 0 Å². The summed E-state index contributed by atoms with van der Waals surface area (Å²) in [5.41, 5.74) is 0. The van der Waals surface area contributed by atoms with Crippen molar-refractivity contribution in [3.8, 4) is 5.75 Å². The summed E-state index contributed by atoms with van der Waals surface area (Å²) in [5, 5.41) is 4.20. The summed E-state index contributed by atoms with van der Waals surface area (Å²) < 4.78 is 6.64. The smallest absolute Gasteiger partial charge is 0.138 e. The molecule has 0 amide bonds. The van der Waals surface area contributed by atoms with Gasteiger partial charge in [0.15, 0.2) is 0 Å². The van der Waals surface area contributed by atoms with E-state index in [1.54, 1.807) is 0 Å². The Bertz CT molecular complexity index is 380. The van der Waals surface area contributed by atoms with Gasteiger partial charge in [0.25, 0.3) is 0 Å². The van der Waals surface area contributed by atoms with Gasteiger partial charge >= 0.3 is 0 Å². The minimum absolute atomic E-state index is 0.655. The SMILES string of the molecule is Clc1cc(Br)ccc1OCCNC1CCCCC1. The van der Waals surface area contributed by atoms with Gasteiger partial charge in [-0.15, -0.1) is 0 Å². The molecule has 4 heteroatoms. The standard InChI is InChI=1S/C14H19BrClNO/c15-11-6-7-14(13(16)10-11)18-9-8-17-12-4-2-1-3-5-12/h6-7,10,12,17H,1-5,8-9H2. The highest BCUT2D eigenvalue weighted by molar-refractivity contribution is 9.10. The number of benzene rings is 1. The number of hydrogen-bond acceptors (Lipinski definition) is 2. The average Bonchev–Trinajstić information content (AvgIpc) is 2.38. The van der Waals surface area contributed by atoms with E-state index in [0.29, 0.717) is 17.7 Å². The predicted molar refractivity (Wildman–Crippen MR) is 79.5 cm³/mol. The first-order valence-electron chi connectivity index (χ1n) is 6.57. The zero-order valence-corrected chi connectivity index (χ0v) is 12.8. The fourth-order valence-electron chi connectivity index (χ4n) is 2.32. The highest BCUT2D eigenvalue weighted by Crippen LogP contribution is 2.27. The van der Waals surface area contributed by atoms with Gasteiger partial charge in [-0.25, -0.2) is 0 Å². The lowest BCUT2D eigenvalue weighted by Gasteiger charge is -2.22. The molecule has 0 unspecified atom stereocenters. The number of nitrogens with one attached hydrogen (secondary N) is 1. The Morgan fingerprint density at radius 1 is 1.28 bits per heavy atom. The van der Waals surface area contributed by atoms with E-state index in [1.165, 1.54) is 32.1 Å². The first-order chi connectivity index (χ1) is 8.75. The van der Waals surface area contributed by atoms with Crippen molar-refractivity contribution >= 4 is 27.5 Å². The minimum atomic E-state index is 0.655. The van der Waals surface area contributed by atoms with Crippen LogP contribution in [-0.4, -0.2) is 19.2 Å². The summed E-state index contributed by atoms with van der Waals surface area (Å²) >= 11 is 9.46. The van der Waals surface area contributed by atoms with E-state index in [-0.39, 0.29) is 0 Å². The molecular formula is C14H19BrClNO. The van der Waals surface area contributed by atoms with Crippen molar-refractivity contribution in [3.05, 3.63) is 27.7 Å². The second-order valence-electron chi connectivity index (χ2n) is 4.71. The molecule has 1 aromatic rings. The van der Waals surface area contributed by atoms with Crippen molar-refractivity contribution in [1.29, 1.82) is 0 Å². The Hall–Kier alpha value is -0.250. The summed E-state index contributed by atoms with van der Waals surface area (Å²) in [4.78, 5) is 0. The first kappa shape index (κ1) is 14.2. The van der Waals surface area contributed by atoms with Gasteiger partial charge < -0.3 is 10.1 Å². The molecule has 18 heavy (non-hydrogen) atoms. The molecule has 0 spiro atoms. The van der Waals surface area contributed by atoms with Crippen LogP contribution in [0.25, 0.3) is 0 Å². The molecule has 2 nitrogen and oxygen atoms in total. The Morgan fingerprint density at radius 2 is 2.06 bits per heavy atom. The second kappa shape index (κ2) is 7.37. The van der Waals surface area contributed by atoms with E-state index in [2.05, 4.69) is 21.2 Å². The van der Waals surface area contributed by atoms with Crippen LogP contribution in [0.15, 0.2) is 22.7 Å².